The highest BCUT2D eigenvalue weighted by atomic mass is 16.5. The van der Waals surface area contributed by atoms with E-state index in [-0.39, 0.29) is 5.97 Å². The molecule has 1 aromatic rings. The molecule has 0 amide bonds. The van der Waals surface area contributed by atoms with E-state index in [9.17, 15) is 4.79 Å². The molecule has 98 valence electrons. The minimum absolute atomic E-state index is 0.302. The van der Waals surface area contributed by atoms with Crippen LogP contribution in [0.3, 0.4) is 0 Å². The van der Waals surface area contributed by atoms with Crippen LogP contribution in [-0.4, -0.2) is 25.7 Å². The van der Waals surface area contributed by atoms with Crippen LogP contribution in [0.1, 0.15) is 36.2 Å². The Bertz CT molecular complexity index is 395. The summed E-state index contributed by atoms with van der Waals surface area (Å²) in [7, 11) is 1.39. The van der Waals surface area contributed by atoms with Gasteiger partial charge in [0.05, 0.1) is 12.7 Å². The van der Waals surface area contributed by atoms with Crippen LogP contribution < -0.4 is 5.32 Å². The first kappa shape index (κ1) is 14.5. The van der Waals surface area contributed by atoms with Gasteiger partial charge < -0.3 is 10.1 Å². The number of nitrogens with one attached hydrogen (secondary N) is 1. The second-order valence-electron chi connectivity index (χ2n) is 4.22. The summed E-state index contributed by atoms with van der Waals surface area (Å²) in [6, 6.07) is 7.72. The second kappa shape index (κ2) is 7.67. The lowest BCUT2D eigenvalue weighted by Gasteiger charge is -2.07. The predicted octanol–water partition coefficient (Wildman–Crippen LogP) is 2.87. The van der Waals surface area contributed by atoms with E-state index in [4.69, 9.17) is 0 Å². The number of methoxy groups -OCH3 is 1. The lowest BCUT2D eigenvalue weighted by molar-refractivity contribution is 0.0601. The zero-order valence-electron chi connectivity index (χ0n) is 11.3. The predicted molar refractivity (Wildman–Crippen MR) is 74.6 cm³/mol. The summed E-state index contributed by atoms with van der Waals surface area (Å²) in [6.45, 7) is 5.29. The van der Waals surface area contributed by atoms with E-state index >= 15 is 0 Å². The van der Waals surface area contributed by atoms with Gasteiger partial charge in [0, 0.05) is 6.04 Å². The van der Waals surface area contributed by atoms with Crippen molar-refractivity contribution in [3.63, 3.8) is 0 Å². The summed E-state index contributed by atoms with van der Waals surface area (Å²) in [6.07, 6.45) is 5.29. The van der Waals surface area contributed by atoms with Crippen LogP contribution in [0, 0.1) is 0 Å². The zero-order chi connectivity index (χ0) is 13.4. The summed E-state index contributed by atoms with van der Waals surface area (Å²) in [5, 5.41) is 3.38. The second-order valence-corrected chi connectivity index (χ2v) is 4.22. The number of ether oxygens (including phenoxy) is 1. The number of carbonyl (C=O) groups excluding carboxylic acids is 1. The number of carbonyl (C=O) groups is 1. The quantitative estimate of drug-likeness (QED) is 0.785. The van der Waals surface area contributed by atoms with Crippen molar-refractivity contribution in [1.29, 1.82) is 0 Å². The Morgan fingerprint density at radius 3 is 2.61 bits per heavy atom. The number of benzene rings is 1. The van der Waals surface area contributed by atoms with Crippen LogP contribution in [0.15, 0.2) is 30.3 Å². The Kier molecular flexibility index (Phi) is 6.15. The first-order valence-corrected chi connectivity index (χ1v) is 6.27. The average molecular weight is 247 g/mol. The van der Waals surface area contributed by atoms with Gasteiger partial charge in [-0.3, -0.25) is 0 Å². The molecule has 0 saturated carbocycles. The van der Waals surface area contributed by atoms with E-state index in [2.05, 4.69) is 30.0 Å². The number of hydrogen-bond donors (Lipinski definition) is 1. The fourth-order valence-corrected chi connectivity index (χ4v) is 1.54. The Morgan fingerprint density at radius 2 is 2.06 bits per heavy atom. The molecule has 1 N–H and O–H groups in total. The van der Waals surface area contributed by atoms with E-state index < -0.39 is 0 Å². The topological polar surface area (TPSA) is 38.3 Å². The smallest absolute Gasteiger partial charge is 0.337 e. The van der Waals surface area contributed by atoms with E-state index in [1.807, 2.05) is 18.2 Å². The van der Waals surface area contributed by atoms with Crippen molar-refractivity contribution < 1.29 is 9.53 Å². The van der Waals surface area contributed by atoms with Gasteiger partial charge in [0.15, 0.2) is 0 Å². The Morgan fingerprint density at radius 1 is 1.39 bits per heavy atom. The molecule has 0 fully saturated rings. The van der Waals surface area contributed by atoms with Crippen LogP contribution in [0.25, 0.3) is 6.08 Å². The van der Waals surface area contributed by atoms with E-state index in [1.54, 1.807) is 12.1 Å². The van der Waals surface area contributed by atoms with Gasteiger partial charge in [-0.25, -0.2) is 4.79 Å². The molecular formula is C15H21NO2. The highest BCUT2D eigenvalue weighted by molar-refractivity contribution is 5.89. The zero-order valence-corrected chi connectivity index (χ0v) is 11.3. The van der Waals surface area contributed by atoms with E-state index in [1.165, 1.54) is 7.11 Å². The SMILES string of the molecule is CCCNC(C)/C=C/c1ccc(C(=O)OC)cc1. The molecule has 3 nitrogen and oxygen atoms in total. The fraction of sp³-hybridized carbons (Fsp3) is 0.400. The molecule has 18 heavy (non-hydrogen) atoms. The third-order valence-corrected chi connectivity index (χ3v) is 2.63. The summed E-state index contributed by atoms with van der Waals surface area (Å²) < 4.78 is 4.65. The molecule has 1 atom stereocenters. The van der Waals surface area contributed by atoms with Crippen LogP contribution in [0.2, 0.25) is 0 Å². The van der Waals surface area contributed by atoms with Gasteiger partial charge >= 0.3 is 5.97 Å². The number of esters is 1. The number of rotatable bonds is 6. The molecule has 0 aliphatic carbocycles. The summed E-state index contributed by atoms with van der Waals surface area (Å²) in [5.74, 6) is -0.302. The van der Waals surface area contributed by atoms with Gasteiger partial charge in [0.2, 0.25) is 0 Å². The van der Waals surface area contributed by atoms with Gasteiger partial charge in [-0.05, 0) is 37.6 Å². The van der Waals surface area contributed by atoms with Gasteiger partial charge in [-0.2, -0.15) is 0 Å². The maximum atomic E-state index is 11.3. The van der Waals surface area contributed by atoms with Crippen molar-refractivity contribution in [1.82, 2.24) is 5.32 Å². The van der Waals surface area contributed by atoms with Crippen molar-refractivity contribution in [3.8, 4) is 0 Å². The van der Waals surface area contributed by atoms with Crippen molar-refractivity contribution in [3.05, 3.63) is 41.5 Å². The molecule has 0 radical (unpaired) electrons. The monoisotopic (exact) mass is 247 g/mol. The third-order valence-electron chi connectivity index (χ3n) is 2.63. The first-order valence-electron chi connectivity index (χ1n) is 6.27. The first-order chi connectivity index (χ1) is 8.67. The highest BCUT2D eigenvalue weighted by Crippen LogP contribution is 2.07. The fourth-order valence-electron chi connectivity index (χ4n) is 1.54. The highest BCUT2D eigenvalue weighted by Gasteiger charge is 2.03. The van der Waals surface area contributed by atoms with Gasteiger partial charge in [0.25, 0.3) is 0 Å². The minimum Gasteiger partial charge on any atom is -0.465 e. The molecule has 0 bridgehead atoms. The molecule has 0 aliphatic heterocycles. The van der Waals surface area contributed by atoms with Gasteiger partial charge in [-0.15, -0.1) is 0 Å². The summed E-state index contributed by atoms with van der Waals surface area (Å²) in [5.41, 5.74) is 1.65. The minimum atomic E-state index is -0.302. The molecule has 0 saturated heterocycles. The van der Waals surface area contributed by atoms with Crippen LogP contribution >= 0.6 is 0 Å². The molecule has 3 heteroatoms. The van der Waals surface area contributed by atoms with Crippen molar-refractivity contribution >= 4 is 12.0 Å². The average Bonchev–Trinajstić information content (AvgIpc) is 2.42. The van der Waals surface area contributed by atoms with Crippen molar-refractivity contribution in [2.24, 2.45) is 0 Å². The van der Waals surface area contributed by atoms with Crippen LogP contribution in [-0.2, 0) is 4.74 Å². The largest absolute Gasteiger partial charge is 0.465 e. The number of hydrogen-bond acceptors (Lipinski definition) is 3. The molecule has 0 aromatic heterocycles. The standard InChI is InChI=1S/C15H21NO2/c1-4-11-16-12(2)5-6-13-7-9-14(10-8-13)15(17)18-3/h5-10,12,16H,4,11H2,1-3H3/b6-5+. The lowest BCUT2D eigenvalue weighted by Crippen LogP contribution is -2.24. The Hall–Kier alpha value is -1.61. The van der Waals surface area contributed by atoms with Crippen molar-refractivity contribution in [2.45, 2.75) is 26.3 Å². The van der Waals surface area contributed by atoms with Crippen LogP contribution in [0.5, 0.6) is 0 Å². The van der Waals surface area contributed by atoms with Crippen LogP contribution in [0.4, 0.5) is 0 Å². The Labute approximate surface area is 109 Å². The van der Waals surface area contributed by atoms with E-state index in [0.29, 0.717) is 11.6 Å². The van der Waals surface area contributed by atoms with E-state index in [0.717, 1.165) is 18.5 Å². The van der Waals surface area contributed by atoms with Gasteiger partial charge in [-0.1, -0.05) is 31.2 Å². The summed E-state index contributed by atoms with van der Waals surface area (Å²) >= 11 is 0. The molecular weight excluding hydrogens is 226 g/mol. The maximum absolute atomic E-state index is 11.3. The third kappa shape index (κ3) is 4.72. The molecule has 0 aliphatic rings. The molecule has 0 heterocycles. The molecule has 1 unspecified atom stereocenters. The van der Waals surface area contributed by atoms with Gasteiger partial charge in [0.1, 0.15) is 0 Å². The Balaban J connectivity index is 2.58. The molecule has 1 rings (SSSR count). The molecule has 1 aromatic carbocycles. The normalized spacial score (nSPS) is 12.6. The lowest BCUT2D eigenvalue weighted by atomic mass is 10.1. The molecule has 0 spiro atoms. The van der Waals surface area contributed by atoms with Crippen molar-refractivity contribution in [2.75, 3.05) is 13.7 Å². The maximum Gasteiger partial charge on any atom is 0.337 e. The summed E-state index contributed by atoms with van der Waals surface area (Å²) in [4.78, 5) is 11.3.